The topological polar surface area (TPSA) is 92.1 Å². The highest BCUT2D eigenvalue weighted by Gasteiger charge is 2.34. The third kappa shape index (κ3) is 30.1. The lowest BCUT2D eigenvalue weighted by Crippen LogP contribution is -2.43. The Morgan fingerprint density at radius 1 is 0.455 bits per heavy atom. The second kappa shape index (κ2) is 45.6. The molecule has 1 aromatic carbocycles. The van der Waals surface area contributed by atoms with E-state index in [1.54, 1.807) is 13.0 Å². The van der Waals surface area contributed by atoms with Gasteiger partial charge in [-0.25, -0.2) is 0 Å². The Labute approximate surface area is 473 Å². The molecule has 0 bridgehead atoms. The summed E-state index contributed by atoms with van der Waals surface area (Å²) in [5.41, 5.74) is 2.90. The molecule has 77 heavy (non-hydrogen) atoms. The summed E-state index contributed by atoms with van der Waals surface area (Å²) in [6.45, 7) is 13.7. The van der Waals surface area contributed by atoms with E-state index in [-0.39, 0.29) is 11.5 Å². The number of benzene rings is 1. The maximum absolute atomic E-state index is 13.8. The minimum Gasteiger partial charge on any atom is -0.490 e. The molecule has 0 saturated heterocycles. The minimum atomic E-state index is -0.475. The summed E-state index contributed by atoms with van der Waals surface area (Å²) in [5.74, 6) is 1.50. The van der Waals surface area contributed by atoms with Crippen LogP contribution in [0.15, 0.2) is 71.1 Å². The van der Waals surface area contributed by atoms with Gasteiger partial charge in [0.05, 0.1) is 19.8 Å². The quantitative estimate of drug-likeness (QED) is 0.0365. The van der Waals surface area contributed by atoms with Gasteiger partial charge in [-0.3, -0.25) is 14.5 Å². The fraction of sp³-hybridized carbons (Fsp3) is 0.725. The first-order valence-electron chi connectivity index (χ1n) is 32.4. The van der Waals surface area contributed by atoms with Gasteiger partial charge < -0.3 is 19.1 Å². The Morgan fingerprint density at radius 3 is 1.18 bits per heavy atom. The Bertz CT molecular complexity index is 1860. The Kier molecular flexibility index (Phi) is 39.7. The molecular weight excluding hydrogens is 951 g/mol. The van der Waals surface area contributed by atoms with E-state index >= 15 is 0 Å². The van der Waals surface area contributed by atoms with E-state index in [2.05, 4.69) is 63.2 Å². The average Bonchev–Trinajstić information content (AvgIpc) is 3.43. The van der Waals surface area contributed by atoms with Crippen molar-refractivity contribution in [1.29, 1.82) is 5.26 Å². The van der Waals surface area contributed by atoms with E-state index in [9.17, 15) is 14.9 Å². The summed E-state index contributed by atoms with van der Waals surface area (Å²) >= 11 is 0. The third-order valence-electron chi connectivity index (χ3n) is 15.6. The molecule has 0 aromatic heterocycles. The number of carbonyl (C=O) groups is 2. The molecule has 0 atom stereocenters. The highest BCUT2D eigenvalue weighted by Crippen LogP contribution is 2.40. The van der Waals surface area contributed by atoms with Crippen molar-refractivity contribution in [3.63, 3.8) is 0 Å². The van der Waals surface area contributed by atoms with Crippen LogP contribution in [-0.2, 0) is 16.1 Å². The van der Waals surface area contributed by atoms with E-state index < -0.39 is 5.91 Å². The summed E-state index contributed by atoms with van der Waals surface area (Å²) < 4.78 is 20.1. The molecule has 0 spiro atoms. The Hall–Kier alpha value is -4.25. The Morgan fingerprint density at radius 2 is 0.805 bits per heavy atom. The first-order chi connectivity index (χ1) is 37.9. The molecule has 8 nitrogen and oxygen atoms in total. The van der Waals surface area contributed by atoms with Crippen LogP contribution in [0.4, 0.5) is 0 Å². The second-order valence-corrected chi connectivity index (χ2v) is 22.6. The predicted molar refractivity (Wildman–Crippen MR) is 325 cm³/mol. The lowest BCUT2D eigenvalue weighted by Gasteiger charge is -2.27. The number of nitriles is 1. The second-order valence-electron chi connectivity index (χ2n) is 22.6. The number of ether oxygens (including phenoxy) is 3. The number of unbranched alkanes of at least 4 members (excludes halogenated alkanes) is 36. The SMILES string of the molecule is CCCCCCCCCCCCOc1cc(CN2C=CC(=C/C=C3\C(=O)N(CCCCCCCCCCCC)C(=O)C(C#N)=C3C)C=C2)cc(OCCCCCCCCCCCC)c1OCCCCCCCCCCCC. The van der Waals surface area contributed by atoms with Gasteiger partial charge >= 0.3 is 0 Å². The smallest absolute Gasteiger partial charge is 0.271 e. The van der Waals surface area contributed by atoms with Crippen molar-refractivity contribution in [3.05, 3.63) is 76.7 Å². The molecule has 0 fully saturated rings. The molecule has 0 unspecified atom stereocenters. The van der Waals surface area contributed by atoms with Crippen molar-refractivity contribution in [2.24, 2.45) is 0 Å². The number of rotatable bonds is 50. The molecule has 0 saturated carbocycles. The average molecular weight is 1060 g/mol. The zero-order valence-corrected chi connectivity index (χ0v) is 50.3. The third-order valence-corrected chi connectivity index (χ3v) is 15.6. The summed E-state index contributed by atoms with van der Waals surface area (Å²) in [5, 5.41) is 9.99. The van der Waals surface area contributed by atoms with Gasteiger partial charge in [-0.1, -0.05) is 265 Å². The van der Waals surface area contributed by atoms with Crippen LogP contribution in [0.25, 0.3) is 0 Å². The highest BCUT2D eigenvalue weighted by atomic mass is 16.5. The molecule has 0 N–H and O–H groups in total. The molecule has 2 amide bonds. The van der Waals surface area contributed by atoms with E-state index in [1.807, 2.05) is 18.2 Å². The van der Waals surface area contributed by atoms with Crippen molar-refractivity contribution in [3.8, 4) is 23.3 Å². The summed E-state index contributed by atoms with van der Waals surface area (Å²) in [7, 11) is 0. The Balaban J connectivity index is 1.73. The highest BCUT2D eigenvalue weighted by molar-refractivity contribution is 6.18. The minimum absolute atomic E-state index is 0.0520. The van der Waals surface area contributed by atoms with Crippen LogP contribution >= 0.6 is 0 Å². The number of hydrogen-bond donors (Lipinski definition) is 0. The summed E-state index contributed by atoms with van der Waals surface area (Å²) in [6, 6.07) is 6.42. The van der Waals surface area contributed by atoms with Crippen LogP contribution in [0.1, 0.15) is 297 Å². The molecule has 0 radical (unpaired) electrons. The monoisotopic (exact) mass is 1060 g/mol. The fourth-order valence-corrected chi connectivity index (χ4v) is 10.6. The largest absolute Gasteiger partial charge is 0.490 e. The van der Waals surface area contributed by atoms with E-state index in [1.165, 1.54) is 223 Å². The number of allylic oxidation sites excluding steroid dienone is 5. The van der Waals surface area contributed by atoms with Crippen molar-refractivity contribution < 1.29 is 23.8 Å². The van der Waals surface area contributed by atoms with Gasteiger partial charge in [-0.05, 0) is 79.7 Å². The maximum Gasteiger partial charge on any atom is 0.271 e. The number of nitrogens with zero attached hydrogens (tertiary/aromatic N) is 3. The molecule has 8 heteroatoms. The molecule has 2 aliphatic heterocycles. The lowest BCUT2D eigenvalue weighted by molar-refractivity contribution is -0.140. The molecule has 3 rings (SSSR count). The van der Waals surface area contributed by atoms with Gasteiger partial charge in [0.2, 0.25) is 5.75 Å². The molecule has 2 heterocycles. The van der Waals surface area contributed by atoms with Gasteiger partial charge in [-0.2, -0.15) is 5.26 Å². The van der Waals surface area contributed by atoms with Crippen LogP contribution < -0.4 is 14.2 Å². The van der Waals surface area contributed by atoms with E-state index in [4.69, 9.17) is 14.2 Å². The normalized spacial score (nSPS) is 14.1. The molecule has 1 aromatic rings. The molecule has 2 aliphatic rings. The van der Waals surface area contributed by atoms with Crippen LogP contribution in [-0.4, -0.2) is 48.0 Å². The molecule has 434 valence electrons. The maximum atomic E-state index is 13.8. The van der Waals surface area contributed by atoms with Crippen LogP contribution in [0.2, 0.25) is 0 Å². The first kappa shape index (κ1) is 67.0. The predicted octanol–water partition coefficient (Wildman–Crippen LogP) is 20.4. The van der Waals surface area contributed by atoms with Gasteiger partial charge in [0.15, 0.2) is 11.5 Å². The van der Waals surface area contributed by atoms with Gasteiger partial charge in [0.1, 0.15) is 11.6 Å². The number of carbonyl (C=O) groups excluding carboxylic acids is 2. The van der Waals surface area contributed by atoms with Crippen molar-refractivity contribution in [2.45, 2.75) is 298 Å². The number of amides is 2. The zero-order valence-electron chi connectivity index (χ0n) is 50.3. The molecule has 0 aliphatic carbocycles. The lowest BCUT2D eigenvalue weighted by atomic mass is 9.94. The van der Waals surface area contributed by atoms with Crippen molar-refractivity contribution in [1.82, 2.24) is 9.80 Å². The van der Waals surface area contributed by atoms with Gasteiger partial charge in [0, 0.05) is 31.1 Å². The standard InChI is InChI=1S/C69H113N3O5/c1-6-10-14-18-22-26-30-34-38-42-50-72-68(73)63(60(5)64(58-70)69(72)74)47-46-61-48-51-71(52-49-61)59-62-56-65(75-53-43-39-35-31-27-23-19-15-11-7-2)67(77-55-45-41-37-33-29-25-21-17-13-9-4)66(57-62)76-54-44-40-36-32-28-24-20-16-12-8-3/h46-49,51-52,56-57H,6-45,50,53-55,59H2,1-5H3/b63-47-. The first-order valence-corrected chi connectivity index (χ1v) is 32.4. The van der Waals surface area contributed by atoms with Crippen LogP contribution in [0.5, 0.6) is 17.2 Å². The summed E-state index contributed by atoms with van der Waals surface area (Å²) in [4.78, 5) is 30.5. The zero-order chi connectivity index (χ0) is 55.2. The number of imide groups is 1. The van der Waals surface area contributed by atoms with Crippen LogP contribution in [0.3, 0.4) is 0 Å². The molecular formula is C69H113N3O5. The van der Waals surface area contributed by atoms with E-state index in [0.29, 0.717) is 44.1 Å². The van der Waals surface area contributed by atoms with Crippen molar-refractivity contribution in [2.75, 3.05) is 26.4 Å². The summed E-state index contributed by atoms with van der Waals surface area (Å²) in [6.07, 6.45) is 62.0. The fourth-order valence-electron chi connectivity index (χ4n) is 10.6. The van der Waals surface area contributed by atoms with Gasteiger partial charge in [0.25, 0.3) is 11.8 Å². The van der Waals surface area contributed by atoms with Crippen molar-refractivity contribution >= 4 is 11.8 Å². The van der Waals surface area contributed by atoms with Crippen LogP contribution in [0, 0.1) is 11.3 Å². The van der Waals surface area contributed by atoms with Gasteiger partial charge in [-0.15, -0.1) is 0 Å². The number of hydrogen-bond acceptors (Lipinski definition) is 7. The van der Waals surface area contributed by atoms with E-state index in [0.717, 1.165) is 66.9 Å².